The van der Waals surface area contributed by atoms with Gasteiger partial charge in [-0.05, 0) is 0 Å². The Hall–Kier alpha value is -0.520. The molecular formula is C10H18N4S. The van der Waals surface area contributed by atoms with Crippen LogP contribution in [0.15, 0.2) is 12.5 Å². The second-order valence-corrected chi connectivity index (χ2v) is 4.96. The van der Waals surface area contributed by atoms with Gasteiger partial charge >= 0.3 is 0 Å². The molecule has 15 heavy (non-hydrogen) atoms. The number of nitrogens with two attached hydrogens (primary N) is 1. The quantitative estimate of drug-likeness (QED) is 0.807. The van der Waals surface area contributed by atoms with Gasteiger partial charge in [0.1, 0.15) is 0 Å². The van der Waals surface area contributed by atoms with Crippen molar-refractivity contribution < 1.29 is 0 Å². The minimum Gasteiger partial charge on any atom is -0.332 e. The van der Waals surface area contributed by atoms with Crippen molar-refractivity contribution in [3.05, 3.63) is 18.2 Å². The van der Waals surface area contributed by atoms with Gasteiger partial charge in [0, 0.05) is 50.4 Å². The monoisotopic (exact) mass is 226 g/mol. The van der Waals surface area contributed by atoms with Crippen LogP contribution < -0.4 is 5.73 Å². The average molecular weight is 226 g/mol. The van der Waals surface area contributed by atoms with E-state index in [4.69, 9.17) is 5.73 Å². The Bertz CT molecular complexity index is 293. The van der Waals surface area contributed by atoms with Crippen molar-refractivity contribution >= 4 is 11.8 Å². The summed E-state index contributed by atoms with van der Waals surface area (Å²) in [6.07, 6.45) is 3.73. The van der Waals surface area contributed by atoms with Gasteiger partial charge in [0.15, 0.2) is 0 Å². The molecule has 4 nitrogen and oxygen atoms in total. The molecule has 2 N–H and O–H groups in total. The molecule has 0 amide bonds. The number of nitrogens with zero attached hydrogens (tertiary/aromatic N) is 3. The third-order valence-corrected chi connectivity index (χ3v) is 3.71. The molecule has 0 aromatic carbocycles. The topological polar surface area (TPSA) is 47.1 Å². The van der Waals surface area contributed by atoms with Gasteiger partial charge in [0.2, 0.25) is 0 Å². The largest absolute Gasteiger partial charge is 0.332 e. The molecule has 2 rings (SSSR count). The zero-order chi connectivity index (χ0) is 10.5. The van der Waals surface area contributed by atoms with Crippen LogP contribution in [-0.2, 0) is 13.1 Å². The predicted octanol–water partition coefficient (Wildman–Crippen LogP) is 0.391. The minimum atomic E-state index is 0.579. The highest BCUT2D eigenvalue weighted by atomic mass is 32.2. The van der Waals surface area contributed by atoms with E-state index in [9.17, 15) is 0 Å². The molecule has 0 unspecified atom stereocenters. The number of hydrogen-bond acceptors (Lipinski definition) is 4. The van der Waals surface area contributed by atoms with E-state index in [0.717, 1.165) is 18.8 Å². The highest BCUT2D eigenvalue weighted by Crippen LogP contribution is 2.09. The molecule has 5 heteroatoms. The van der Waals surface area contributed by atoms with Crippen LogP contribution in [0.1, 0.15) is 5.69 Å². The molecule has 1 saturated heterocycles. The van der Waals surface area contributed by atoms with E-state index < -0.39 is 0 Å². The molecule has 84 valence electrons. The zero-order valence-corrected chi connectivity index (χ0v) is 9.75. The molecule has 1 aromatic rings. The fourth-order valence-corrected chi connectivity index (χ4v) is 2.77. The molecule has 0 spiro atoms. The zero-order valence-electron chi connectivity index (χ0n) is 8.93. The first-order valence-electron chi connectivity index (χ1n) is 5.39. The second-order valence-electron chi connectivity index (χ2n) is 3.74. The number of rotatable bonds is 4. The van der Waals surface area contributed by atoms with E-state index in [1.54, 1.807) is 0 Å². The standard InChI is InChI=1S/C10H18N4S/c11-7-10-8-12-9-14(10)2-1-13-3-5-15-6-4-13/h8-9H,1-7,11H2. The maximum absolute atomic E-state index is 5.63. The summed E-state index contributed by atoms with van der Waals surface area (Å²) in [5.41, 5.74) is 6.75. The molecule has 0 aliphatic carbocycles. The molecule has 1 aromatic heterocycles. The first kappa shape index (κ1) is 11.0. The summed E-state index contributed by atoms with van der Waals surface area (Å²) >= 11 is 2.05. The van der Waals surface area contributed by atoms with Gasteiger partial charge < -0.3 is 10.3 Å². The van der Waals surface area contributed by atoms with Crippen LogP contribution in [0, 0.1) is 0 Å². The Morgan fingerprint density at radius 2 is 2.13 bits per heavy atom. The van der Waals surface area contributed by atoms with Crippen LogP contribution in [-0.4, -0.2) is 45.6 Å². The van der Waals surface area contributed by atoms with Crippen molar-refractivity contribution in [1.29, 1.82) is 0 Å². The van der Waals surface area contributed by atoms with Crippen LogP contribution >= 0.6 is 11.8 Å². The van der Waals surface area contributed by atoms with Crippen molar-refractivity contribution in [2.45, 2.75) is 13.1 Å². The molecule has 1 aliphatic heterocycles. The predicted molar refractivity (Wildman–Crippen MR) is 63.9 cm³/mol. The van der Waals surface area contributed by atoms with Gasteiger partial charge in [0.25, 0.3) is 0 Å². The van der Waals surface area contributed by atoms with Crippen molar-refractivity contribution in [1.82, 2.24) is 14.5 Å². The average Bonchev–Trinajstić information content (AvgIpc) is 2.75. The summed E-state index contributed by atoms with van der Waals surface area (Å²) in [4.78, 5) is 6.63. The first-order valence-corrected chi connectivity index (χ1v) is 6.55. The van der Waals surface area contributed by atoms with Gasteiger partial charge in [-0.15, -0.1) is 0 Å². The van der Waals surface area contributed by atoms with E-state index in [1.165, 1.54) is 24.6 Å². The smallest absolute Gasteiger partial charge is 0.0949 e. The Morgan fingerprint density at radius 3 is 2.87 bits per heavy atom. The van der Waals surface area contributed by atoms with Crippen LogP contribution in [0.3, 0.4) is 0 Å². The van der Waals surface area contributed by atoms with Gasteiger partial charge in [-0.2, -0.15) is 11.8 Å². The molecule has 0 atom stereocenters. The fraction of sp³-hybridized carbons (Fsp3) is 0.700. The molecule has 0 bridgehead atoms. The minimum absolute atomic E-state index is 0.579. The highest BCUT2D eigenvalue weighted by molar-refractivity contribution is 7.99. The number of imidazole rings is 1. The van der Waals surface area contributed by atoms with Gasteiger partial charge in [-0.3, -0.25) is 4.90 Å². The lowest BCUT2D eigenvalue weighted by Gasteiger charge is -2.26. The fourth-order valence-electron chi connectivity index (χ4n) is 1.79. The Morgan fingerprint density at radius 1 is 1.33 bits per heavy atom. The van der Waals surface area contributed by atoms with Gasteiger partial charge in [0.05, 0.1) is 12.0 Å². The van der Waals surface area contributed by atoms with Crippen LogP contribution in [0.4, 0.5) is 0 Å². The maximum Gasteiger partial charge on any atom is 0.0949 e. The molecule has 0 radical (unpaired) electrons. The SMILES string of the molecule is NCc1cncn1CCN1CCSCC1. The Balaban J connectivity index is 1.81. The summed E-state index contributed by atoms with van der Waals surface area (Å²) in [5.74, 6) is 2.54. The van der Waals surface area contributed by atoms with Crippen molar-refractivity contribution in [2.75, 3.05) is 31.1 Å². The summed E-state index contributed by atoms with van der Waals surface area (Å²) in [6, 6.07) is 0. The van der Waals surface area contributed by atoms with E-state index in [-0.39, 0.29) is 0 Å². The molecule has 2 heterocycles. The third-order valence-electron chi connectivity index (χ3n) is 2.77. The Kier molecular flexibility index (Phi) is 4.05. The first-order chi connectivity index (χ1) is 7.40. The summed E-state index contributed by atoms with van der Waals surface area (Å²) in [5, 5.41) is 0. The third kappa shape index (κ3) is 2.96. The normalized spacial score (nSPS) is 18.2. The van der Waals surface area contributed by atoms with Crippen molar-refractivity contribution in [2.24, 2.45) is 5.73 Å². The van der Waals surface area contributed by atoms with Crippen LogP contribution in [0.5, 0.6) is 0 Å². The molecule has 0 saturated carbocycles. The van der Waals surface area contributed by atoms with E-state index in [0.29, 0.717) is 6.54 Å². The van der Waals surface area contributed by atoms with E-state index in [2.05, 4.69) is 14.5 Å². The number of hydrogen-bond donors (Lipinski definition) is 1. The number of aromatic nitrogens is 2. The molecular weight excluding hydrogens is 208 g/mol. The van der Waals surface area contributed by atoms with E-state index >= 15 is 0 Å². The lowest BCUT2D eigenvalue weighted by Crippen LogP contribution is -2.35. The highest BCUT2D eigenvalue weighted by Gasteiger charge is 2.10. The maximum atomic E-state index is 5.63. The number of thioether (sulfide) groups is 1. The van der Waals surface area contributed by atoms with Crippen molar-refractivity contribution in [3.8, 4) is 0 Å². The second kappa shape index (κ2) is 5.53. The molecule has 1 aliphatic rings. The summed E-state index contributed by atoms with van der Waals surface area (Å²) < 4.78 is 2.15. The Labute approximate surface area is 94.8 Å². The lowest BCUT2D eigenvalue weighted by molar-refractivity contribution is 0.288. The van der Waals surface area contributed by atoms with Gasteiger partial charge in [-0.25, -0.2) is 4.98 Å². The van der Waals surface area contributed by atoms with Crippen LogP contribution in [0.2, 0.25) is 0 Å². The summed E-state index contributed by atoms with van der Waals surface area (Å²) in [7, 11) is 0. The van der Waals surface area contributed by atoms with Gasteiger partial charge in [-0.1, -0.05) is 0 Å². The van der Waals surface area contributed by atoms with Crippen molar-refractivity contribution in [3.63, 3.8) is 0 Å². The summed E-state index contributed by atoms with van der Waals surface area (Å²) in [6.45, 7) is 5.14. The van der Waals surface area contributed by atoms with Crippen LogP contribution in [0.25, 0.3) is 0 Å². The lowest BCUT2D eigenvalue weighted by atomic mass is 10.4. The molecule has 1 fully saturated rings. The van der Waals surface area contributed by atoms with E-state index in [1.807, 2.05) is 24.3 Å².